The summed E-state index contributed by atoms with van der Waals surface area (Å²) in [5.41, 5.74) is 2.72. The van der Waals surface area contributed by atoms with Gasteiger partial charge in [0.1, 0.15) is 5.65 Å². The van der Waals surface area contributed by atoms with Gasteiger partial charge in [0.05, 0.1) is 16.6 Å². The van der Waals surface area contributed by atoms with Crippen LogP contribution in [-0.2, 0) is 12.3 Å². The topological polar surface area (TPSA) is 86.6 Å². The van der Waals surface area contributed by atoms with E-state index < -0.39 is 0 Å². The van der Waals surface area contributed by atoms with E-state index in [0.717, 1.165) is 11.1 Å². The average Bonchev–Trinajstić information content (AvgIpc) is 3.20. The molecule has 0 spiro atoms. The molecule has 8 nitrogen and oxygen atoms in total. The maximum absolute atomic E-state index is 12.9. The fourth-order valence-corrected chi connectivity index (χ4v) is 4.42. The highest BCUT2D eigenvalue weighted by Gasteiger charge is 2.16. The molecule has 5 rings (SSSR count). The summed E-state index contributed by atoms with van der Waals surface area (Å²) < 4.78 is 4.95. The van der Waals surface area contributed by atoms with Gasteiger partial charge in [0.2, 0.25) is 5.78 Å². The van der Waals surface area contributed by atoms with Crippen LogP contribution in [0.4, 0.5) is 0 Å². The number of aromatic nitrogens is 6. The van der Waals surface area contributed by atoms with Crippen molar-refractivity contribution >= 4 is 34.1 Å². The van der Waals surface area contributed by atoms with Crippen molar-refractivity contribution in [1.29, 1.82) is 0 Å². The van der Waals surface area contributed by atoms with E-state index in [-0.39, 0.29) is 11.1 Å². The highest BCUT2D eigenvalue weighted by molar-refractivity contribution is 7.98. The Morgan fingerprint density at radius 2 is 1.97 bits per heavy atom. The third-order valence-electron chi connectivity index (χ3n) is 5.00. The van der Waals surface area contributed by atoms with E-state index in [9.17, 15) is 9.59 Å². The van der Waals surface area contributed by atoms with E-state index in [1.165, 1.54) is 22.2 Å². The molecule has 0 atom stereocenters. The van der Waals surface area contributed by atoms with E-state index in [4.69, 9.17) is 0 Å². The van der Waals surface area contributed by atoms with Crippen LogP contribution in [0.5, 0.6) is 0 Å². The van der Waals surface area contributed by atoms with Gasteiger partial charge < -0.3 is 0 Å². The predicted octanol–water partition coefficient (Wildman–Crippen LogP) is 2.84. The fraction of sp³-hybridized carbons (Fsp3) is 0.136. The lowest BCUT2D eigenvalue weighted by Gasteiger charge is -2.09. The number of aryl methyl sites for hydroxylation is 1. The van der Waals surface area contributed by atoms with Gasteiger partial charge in [-0.05, 0) is 30.7 Å². The van der Waals surface area contributed by atoms with Gasteiger partial charge in [0.15, 0.2) is 5.16 Å². The second kappa shape index (κ2) is 7.51. The molecular weight excluding hydrogens is 412 g/mol. The Balaban J connectivity index is 1.60. The first kappa shape index (κ1) is 19.3. The van der Waals surface area contributed by atoms with Gasteiger partial charge in [0, 0.05) is 24.6 Å². The molecule has 1 aromatic carbocycles. The minimum Gasteiger partial charge on any atom is -0.272 e. The van der Waals surface area contributed by atoms with Gasteiger partial charge in [-0.1, -0.05) is 36.0 Å². The molecule has 0 aliphatic carbocycles. The summed E-state index contributed by atoms with van der Waals surface area (Å²) in [6, 6.07) is 12.7. The average molecular weight is 430 g/mol. The number of hydrogen-bond donors (Lipinski definition) is 0. The Hall–Kier alpha value is -3.72. The Morgan fingerprint density at radius 1 is 1.13 bits per heavy atom. The molecule has 0 aliphatic rings. The van der Waals surface area contributed by atoms with Gasteiger partial charge in [-0.25, -0.2) is 4.98 Å². The lowest BCUT2D eigenvalue weighted by Crippen LogP contribution is -2.22. The van der Waals surface area contributed by atoms with Crippen molar-refractivity contribution in [2.75, 3.05) is 0 Å². The number of pyridine rings is 1. The van der Waals surface area contributed by atoms with Crippen LogP contribution in [0.25, 0.3) is 22.3 Å². The first-order chi connectivity index (χ1) is 15.1. The number of allylic oxidation sites excluding steroid dienone is 1. The van der Waals surface area contributed by atoms with Crippen LogP contribution in [-0.4, -0.2) is 28.5 Å². The second-order valence-electron chi connectivity index (χ2n) is 7.15. The number of fused-ring (bicyclic) bond motifs is 4. The van der Waals surface area contributed by atoms with Crippen LogP contribution in [0, 0.1) is 6.92 Å². The van der Waals surface area contributed by atoms with Crippen LogP contribution in [0.3, 0.4) is 0 Å². The number of para-hydroxylation sites is 1. The molecule has 4 aromatic heterocycles. The summed E-state index contributed by atoms with van der Waals surface area (Å²) in [5, 5.41) is 9.77. The molecule has 154 valence electrons. The molecule has 0 saturated carbocycles. The van der Waals surface area contributed by atoms with E-state index >= 15 is 0 Å². The van der Waals surface area contributed by atoms with Crippen LogP contribution in [0.1, 0.15) is 11.3 Å². The largest absolute Gasteiger partial charge is 0.272 e. The van der Waals surface area contributed by atoms with Crippen molar-refractivity contribution in [2.45, 2.75) is 24.4 Å². The molecule has 31 heavy (non-hydrogen) atoms. The molecule has 0 unspecified atom stereocenters. The van der Waals surface area contributed by atoms with Gasteiger partial charge in [-0.3, -0.25) is 23.0 Å². The normalized spacial score (nSPS) is 11.5. The number of nitrogens with zero attached hydrogens (tertiary/aromatic N) is 6. The lowest BCUT2D eigenvalue weighted by molar-refractivity contribution is 0.783. The number of thioether (sulfide) groups is 1. The highest BCUT2D eigenvalue weighted by Crippen LogP contribution is 2.24. The third kappa shape index (κ3) is 3.23. The monoisotopic (exact) mass is 430 g/mol. The van der Waals surface area contributed by atoms with Crippen molar-refractivity contribution in [3.05, 3.63) is 93.3 Å². The number of benzene rings is 1. The van der Waals surface area contributed by atoms with Crippen LogP contribution in [0.15, 0.2) is 76.1 Å². The second-order valence-corrected chi connectivity index (χ2v) is 8.09. The quantitative estimate of drug-likeness (QED) is 0.315. The lowest BCUT2D eigenvalue weighted by atomic mass is 10.2. The summed E-state index contributed by atoms with van der Waals surface area (Å²) in [6.07, 6.45) is 3.43. The summed E-state index contributed by atoms with van der Waals surface area (Å²) >= 11 is 1.42. The van der Waals surface area contributed by atoms with E-state index in [1.54, 1.807) is 22.9 Å². The Morgan fingerprint density at radius 3 is 2.81 bits per heavy atom. The highest BCUT2D eigenvalue weighted by atomic mass is 32.2. The van der Waals surface area contributed by atoms with Crippen LogP contribution >= 0.6 is 11.8 Å². The molecule has 9 heteroatoms. The molecule has 0 saturated heterocycles. The zero-order chi connectivity index (χ0) is 21.5. The van der Waals surface area contributed by atoms with Gasteiger partial charge in [0.25, 0.3) is 11.1 Å². The summed E-state index contributed by atoms with van der Waals surface area (Å²) in [4.78, 5) is 30.0. The zero-order valence-electron chi connectivity index (χ0n) is 16.7. The van der Waals surface area contributed by atoms with E-state index in [0.29, 0.717) is 40.0 Å². The maximum Gasteiger partial charge on any atom is 0.263 e. The molecule has 0 radical (unpaired) electrons. The van der Waals surface area contributed by atoms with Crippen LogP contribution in [0.2, 0.25) is 0 Å². The minimum absolute atomic E-state index is 0.124. The van der Waals surface area contributed by atoms with Crippen molar-refractivity contribution < 1.29 is 0 Å². The maximum atomic E-state index is 12.9. The molecule has 0 bridgehead atoms. The molecule has 4 heterocycles. The predicted molar refractivity (Wildman–Crippen MR) is 121 cm³/mol. The first-order valence-corrected chi connectivity index (χ1v) is 10.6. The van der Waals surface area contributed by atoms with Gasteiger partial charge in [-0.15, -0.1) is 16.8 Å². The Labute approximate surface area is 180 Å². The molecule has 0 amide bonds. The molecule has 0 N–H and O–H groups in total. The van der Waals surface area contributed by atoms with E-state index in [2.05, 4.69) is 21.8 Å². The third-order valence-corrected chi connectivity index (χ3v) is 5.96. The molecule has 0 fully saturated rings. The van der Waals surface area contributed by atoms with Gasteiger partial charge >= 0.3 is 0 Å². The Bertz CT molecular complexity index is 1600. The fourth-order valence-electron chi connectivity index (χ4n) is 3.59. The van der Waals surface area contributed by atoms with Crippen molar-refractivity contribution in [1.82, 2.24) is 28.5 Å². The molecular formula is C22H18N6O2S. The van der Waals surface area contributed by atoms with Gasteiger partial charge in [-0.2, -0.15) is 0 Å². The summed E-state index contributed by atoms with van der Waals surface area (Å²) in [5.74, 6) is 0.892. The smallest absolute Gasteiger partial charge is 0.263 e. The standard InChI is InChI=1S/C22H18N6O2S/c1-3-10-26-20(30)16-6-4-5-7-17(16)28-21(26)24-25-22(28)31-13-15-11-19(29)27-12-14(2)8-9-18(27)23-15/h3-9,11-12H,1,10,13H2,2H3. The van der Waals surface area contributed by atoms with Crippen molar-refractivity contribution in [3.63, 3.8) is 0 Å². The summed E-state index contributed by atoms with van der Waals surface area (Å²) in [6.45, 7) is 6.01. The molecule has 0 aliphatic heterocycles. The molecule has 5 aromatic rings. The Kier molecular flexibility index (Phi) is 4.67. The summed E-state index contributed by atoms with van der Waals surface area (Å²) in [7, 11) is 0. The minimum atomic E-state index is -0.133. The first-order valence-electron chi connectivity index (χ1n) is 9.66. The number of hydrogen-bond acceptors (Lipinski definition) is 6. The SMILES string of the molecule is C=CCn1c(=O)c2ccccc2n2c(SCc3cc(=O)n4cc(C)ccc4n3)nnc12. The van der Waals surface area contributed by atoms with Crippen molar-refractivity contribution in [3.8, 4) is 0 Å². The van der Waals surface area contributed by atoms with Crippen molar-refractivity contribution in [2.24, 2.45) is 0 Å². The van der Waals surface area contributed by atoms with E-state index in [1.807, 2.05) is 41.7 Å². The van der Waals surface area contributed by atoms with Crippen LogP contribution < -0.4 is 11.1 Å². The zero-order valence-corrected chi connectivity index (χ0v) is 17.5. The number of rotatable bonds is 5.